The van der Waals surface area contributed by atoms with Gasteiger partial charge in [-0.15, -0.1) is 0 Å². The Labute approximate surface area is 161 Å². The second-order valence-corrected chi connectivity index (χ2v) is 8.27. The second kappa shape index (κ2) is 8.17. The van der Waals surface area contributed by atoms with Crippen LogP contribution >= 0.6 is 0 Å². The Morgan fingerprint density at radius 2 is 1.96 bits per heavy atom. The number of furan rings is 1. The minimum absolute atomic E-state index is 0.192. The van der Waals surface area contributed by atoms with Crippen LogP contribution in [0.2, 0.25) is 0 Å². The zero-order chi connectivity index (χ0) is 19.4. The molecule has 0 spiro atoms. The number of rotatable bonds is 5. The lowest BCUT2D eigenvalue weighted by molar-refractivity contribution is 0.0475. The molecular formula is C22H30N2O3. The minimum atomic E-state index is -0.526. The molecule has 2 heterocycles. The van der Waals surface area contributed by atoms with Crippen LogP contribution in [0.4, 0.5) is 4.79 Å². The largest absolute Gasteiger partial charge is 0.467 e. The number of likely N-dealkylation sites (tertiary alicyclic amines) is 1. The van der Waals surface area contributed by atoms with Crippen molar-refractivity contribution in [1.29, 1.82) is 0 Å². The van der Waals surface area contributed by atoms with Crippen LogP contribution < -0.4 is 5.32 Å². The molecular weight excluding hydrogens is 340 g/mol. The molecule has 3 rings (SSSR count). The van der Waals surface area contributed by atoms with Gasteiger partial charge in [-0.1, -0.05) is 30.3 Å². The van der Waals surface area contributed by atoms with E-state index in [4.69, 9.17) is 9.15 Å². The third-order valence-corrected chi connectivity index (χ3v) is 5.08. The van der Waals surface area contributed by atoms with Gasteiger partial charge >= 0.3 is 6.09 Å². The number of benzene rings is 1. The van der Waals surface area contributed by atoms with Crippen LogP contribution in [0.25, 0.3) is 0 Å². The van der Waals surface area contributed by atoms with E-state index in [1.165, 1.54) is 5.56 Å². The lowest BCUT2D eigenvalue weighted by Crippen LogP contribution is -2.38. The standard InChI is InChI=1S/C22H30N2O3/c1-16(17-9-6-5-7-10-17)24-13-12-18(15-24)20(19-11-8-14-26-19)23-21(25)27-22(2,3)4/h5-11,14,16,18,20H,12-13,15H2,1-4H3,(H,23,25)/t16?,18?,20-/m1/s1. The average molecular weight is 370 g/mol. The van der Waals surface area contributed by atoms with Gasteiger partial charge in [0.15, 0.2) is 0 Å². The van der Waals surface area contributed by atoms with Crippen LogP contribution in [0.15, 0.2) is 53.1 Å². The number of hydrogen-bond donors (Lipinski definition) is 1. The molecule has 1 N–H and O–H groups in total. The number of ether oxygens (including phenoxy) is 1. The van der Waals surface area contributed by atoms with E-state index in [0.717, 1.165) is 25.3 Å². The predicted molar refractivity (Wildman–Crippen MR) is 105 cm³/mol. The Morgan fingerprint density at radius 3 is 2.59 bits per heavy atom. The molecule has 27 heavy (non-hydrogen) atoms. The topological polar surface area (TPSA) is 54.7 Å². The summed E-state index contributed by atoms with van der Waals surface area (Å²) in [6, 6.07) is 14.5. The maximum Gasteiger partial charge on any atom is 0.408 e. The van der Waals surface area contributed by atoms with Crippen molar-refractivity contribution in [2.24, 2.45) is 5.92 Å². The lowest BCUT2D eigenvalue weighted by Gasteiger charge is -2.28. The third-order valence-electron chi connectivity index (χ3n) is 5.08. The molecule has 0 bridgehead atoms. The number of alkyl carbamates (subject to hydrolysis) is 1. The normalized spacial score (nSPS) is 20.2. The fraction of sp³-hybridized carbons (Fsp3) is 0.500. The van der Waals surface area contributed by atoms with Crippen molar-refractivity contribution in [3.05, 3.63) is 60.1 Å². The van der Waals surface area contributed by atoms with E-state index >= 15 is 0 Å². The second-order valence-electron chi connectivity index (χ2n) is 8.27. The number of amides is 1. The Bertz CT molecular complexity index is 722. The SMILES string of the molecule is CC(c1ccccc1)N1CCC([C@@H](NC(=O)OC(C)(C)C)c2ccco2)C1. The van der Waals surface area contributed by atoms with Gasteiger partial charge in [-0.2, -0.15) is 0 Å². The summed E-state index contributed by atoms with van der Waals surface area (Å²) in [5.41, 5.74) is 0.786. The number of carbonyl (C=O) groups is 1. The highest BCUT2D eigenvalue weighted by Gasteiger charge is 2.35. The van der Waals surface area contributed by atoms with E-state index < -0.39 is 11.7 Å². The van der Waals surface area contributed by atoms with Crippen LogP contribution in [-0.4, -0.2) is 29.7 Å². The van der Waals surface area contributed by atoms with Crippen molar-refractivity contribution < 1.29 is 13.9 Å². The van der Waals surface area contributed by atoms with Crippen LogP contribution in [-0.2, 0) is 4.74 Å². The van der Waals surface area contributed by atoms with E-state index in [-0.39, 0.29) is 12.0 Å². The minimum Gasteiger partial charge on any atom is -0.467 e. The van der Waals surface area contributed by atoms with Gasteiger partial charge in [-0.25, -0.2) is 4.79 Å². The lowest BCUT2D eigenvalue weighted by atomic mass is 9.96. The maximum absolute atomic E-state index is 12.4. The van der Waals surface area contributed by atoms with Crippen molar-refractivity contribution in [3.63, 3.8) is 0 Å². The quantitative estimate of drug-likeness (QED) is 0.811. The highest BCUT2D eigenvalue weighted by atomic mass is 16.6. The highest BCUT2D eigenvalue weighted by Crippen LogP contribution is 2.34. The number of nitrogens with one attached hydrogen (secondary N) is 1. The van der Waals surface area contributed by atoms with Crippen LogP contribution in [0.1, 0.15) is 57.5 Å². The monoisotopic (exact) mass is 370 g/mol. The van der Waals surface area contributed by atoms with Gasteiger partial charge in [0.1, 0.15) is 11.4 Å². The smallest absolute Gasteiger partial charge is 0.408 e. The summed E-state index contributed by atoms with van der Waals surface area (Å²) >= 11 is 0. The van der Waals surface area contributed by atoms with E-state index in [2.05, 4.69) is 41.4 Å². The average Bonchev–Trinajstić information content (AvgIpc) is 3.30. The van der Waals surface area contributed by atoms with Crippen LogP contribution in [0, 0.1) is 5.92 Å². The molecule has 1 fully saturated rings. The molecule has 146 valence electrons. The first kappa shape index (κ1) is 19.5. The molecule has 0 saturated carbocycles. The van der Waals surface area contributed by atoms with Gasteiger partial charge in [-0.3, -0.25) is 4.90 Å². The summed E-state index contributed by atoms with van der Waals surface area (Å²) < 4.78 is 11.1. The number of nitrogens with zero attached hydrogens (tertiary/aromatic N) is 1. The first-order valence-corrected chi connectivity index (χ1v) is 9.65. The molecule has 0 radical (unpaired) electrons. The number of hydrogen-bond acceptors (Lipinski definition) is 4. The highest BCUT2D eigenvalue weighted by molar-refractivity contribution is 5.68. The molecule has 1 aromatic carbocycles. The number of carbonyl (C=O) groups excluding carboxylic acids is 1. The van der Waals surface area contributed by atoms with Gasteiger partial charge in [0, 0.05) is 18.5 Å². The van der Waals surface area contributed by atoms with E-state index in [0.29, 0.717) is 6.04 Å². The molecule has 1 aromatic heterocycles. The Morgan fingerprint density at radius 1 is 1.22 bits per heavy atom. The summed E-state index contributed by atoms with van der Waals surface area (Å²) in [6.07, 6.45) is 2.25. The molecule has 3 atom stereocenters. The molecule has 5 heteroatoms. The predicted octanol–water partition coefficient (Wildman–Crippen LogP) is 4.93. The third kappa shape index (κ3) is 5.13. The molecule has 1 saturated heterocycles. The van der Waals surface area contributed by atoms with Crippen LogP contribution in [0.3, 0.4) is 0 Å². The van der Waals surface area contributed by atoms with E-state index in [9.17, 15) is 4.79 Å². The van der Waals surface area contributed by atoms with Gasteiger partial charge in [0.2, 0.25) is 0 Å². The van der Waals surface area contributed by atoms with Crippen molar-refractivity contribution in [2.45, 2.75) is 51.8 Å². The summed E-state index contributed by atoms with van der Waals surface area (Å²) in [5, 5.41) is 3.04. The molecule has 1 amide bonds. The van der Waals surface area contributed by atoms with E-state index in [1.54, 1.807) is 6.26 Å². The van der Waals surface area contributed by atoms with Crippen LogP contribution in [0.5, 0.6) is 0 Å². The summed E-state index contributed by atoms with van der Waals surface area (Å²) in [4.78, 5) is 14.8. The molecule has 1 aliphatic heterocycles. The molecule has 5 nitrogen and oxygen atoms in total. The molecule has 2 unspecified atom stereocenters. The summed E-state index contributed by atoms with van der Waals surface area (Å²) in [5.74, 6) is 1.05. The van der Waals surface area contributed by atoms with Crippen molar-refractivity contribution in [1.82, 2.24) is 10.2 Å². The van der Waals surface area contributed by atoms with Crippen molar-refractivity contribution in [2.75, 3.05) is 13.1 Å². The Hall–Kier alpha value is -2.27. The zero-order valence-corrected chi connectivity index (χ0v) is 16.6. The van der Waals surface area contributed by atoms with Crippen molar-refractivity contribution >= 4 is 6.09 Å². The van der Waals surface area contributed by atoms with Gasteiger partial charge < -0.3 is 14.5 Å². The zero-order valence-electron chi connectivity index (χ0n) is 16.6. The molecule has 1 aliphatic rings. The Kier molecular flexibility index (Phi) is 5.90. The van der Waals surface area contributed by atoms with E-state index in [1.807, 2.05) is 39.0 Å². The fourth-order valence-electron chi connectivity index (χ4n) is 3.71. The van der Waals surface area contributed by atoms with Gasteiger partial charge in [0.25, 0.3) is 0 Å². The Balaban J connectivity index is 1.70. The summed E-state index contributed by atoms with van der Waals surface area (Å²) in [6.45, 7) is 9.74. The fourth-order valence-corrected chi connectivity index (χ4v) is 3.71. The summed E-state index contributed by atoms with van der Waals surface area (Å²) in [7, 11) is 0. The maximum atomic E-state index is 12.4. The van der Waals surface area contributed by atoms with Gasteiger partial charge in [-0.05, 0) is 58.4 Å². The molecule has 0 aliphatic carbocycles. The first-order chi connectivity index (χ1) is 12.8. The first-order valence-electron chi connectivity index (χ1n) is 9.65. The van der Waals surface area contributed by atoms with Gasteiger partial charge in [0.05, 0.1) is 12.3 Å². The molecule has 2 aromatic rings. The van der Waals surface area contributed by atoms with Crippen molar-refractivity contribution in [3.8, 4) is 0 Å².